The van der Waals surface area contributed by atoms with Crippen LogP contribution in [0.15, 0.2) is 23.7 Å². The van der Waals surface area contributed by atoms with Crippen molar-refractivity contribution < 1.29 is 8.42 Å². The average molecular weight is 327 g/mol. The van der Waals surface area contributed by atoms with E-state index >= 15 is 0 Å². The van der Waals surface area contributed by atoms with Gasteiger partial charge in [0.2, 0.25) is 10.0 Å². The topological polar surface area (TPSA) is 71.1 Å². The number of fused-ring (bicyclic) bond motifs is 1. The largest absolute Gasteiger partial charge is 0.317 e. The molecule has 21 heavy (non-hydrogen) atoms. The van der Waals surface area contributed by atoms with Crippen molar-refractivity contribution in [2.45, 2.75) is 26.2 Å². The summed E-state index contributed by atoms with van der Waals surface area (Å²) >= 11 is 1.50. The summed E-state index contributed by atoms with van der Waals surface area (Å²) in [5.41, 5.74) is 3.26. The quantitative estimate of drug-likeness (QED) is 0.695. The van der Waals surface area contributed by atoms with Crippen LogP contribution in [0.25, 0.3) is 10.2 Å². The van der Waals surface area contributed by atoms with Crippen molar-refractivity contribution in [2.24, 2.45) is 0 Å². The fourth-order valence-electron chi connectivity index (χ4n) is 1.99. The summed E-state index contributed by atoms with van der Waals surface area (Å²) in [4.78, 5) is 4.18. The Hall–Kier alpha value is -1.18. The van der Waals surface area contributed by atoms with Gasteiger partial charge < -0.3 is 5.32 Å². The molecule has 0 bridgehead atoms. The van der Waals surface area contributed by atoms with Crippen LogP contribution in [0.5, 0.6) is 0 Å². The SMILES string of the molecule is CCCNCCCCS(=O)(=O)Nc1ccc2ncsc2c1. The Morgan fingerprint density at radius 1 is 1.24 bits per heavy atom. The lowest BCUT2D eigenvalue weighted by molar-refractivity contribution is 0.590. The second kappa shape index (κ2) is 7.72. The van der Waals surface area contributed by atoms with Crippen LogP contribution in [0.2, 0.25) is 0 Å². The second-order valence-electron chi connectivity index (χ2n) is 4.91. The van der Waals surface area contributed by atoms with Crippen molar-refractivity contribution in [3.8, 4) is 0 Å². The van der Waals surface area contributed by atoms with Gasteiger partial charge in [0, 0.05) is 0 Å². The fraction of sp³-hybridized carbons (Fsp3) is 0.500. The maximum Gasteiger partial charge on any atom is 0.232 e. The number of nitrogens with zero attached hydrogens (tertiary/aromatic N) is 1. The number of thiazole rings is 1. The molecule has 1 aromatic carbocycles. The van der Waals surface area contributed by atoms with Gasteiger partial charge in [0.25, 0.3) is 0 Å². The van der Waals surface area contributed by atoms with Gasteiger partial charge in [0.05, 0.1) is 27.2 Å². The third kappa shape index (κ3) is 5.26. The van der Waals surface area contributed by atoms with Gasteiger partial charge in [-0.15, -0.1) is 11.3 Å². The van der Waals surface area contributed by atoms with Gasteiger partial charge in [-0.25, -0.2) is 13.4 Å². The van der Waals surface area contributed by atoms with E-state index in [-0.39, 0.29) is 5.75 Å². The minimum absolute atomic E-state index is 0.154. The third-order valence-electron chi connectivity index (χ3n) is 3.05. The van der Waals surface area contributed by atoms with E-state index in [1.165, 1.54) is 11.3 Å². The number of hydrogen-bond donors (Lipinski definition) is 2. The smallest absolute Gasteiger partial charge is 0.232 e. The molecule has 0 unspecified atom stereocenters. The lowest BCUT2D eigenvalue weighted by Gasteiger charge is -2.08. The highest BCUT2D eigenvalue weighted by Gasteiger charge is 2.10. The molecule has 0 atom stereocenters. The second-order valence-corrected chi connectivity index (χ2v) is 7.64. The summed E-state index contributed by atoms with van der Waals surface area (Å²) in [7, 11) is -3.27. The molecule has 0 fully saturated rings. The van der Waals surface area contributed by atoms with Gasteiger partial charge in [-0.05, 0) is 50.6 Å². The Morgan fingerprint density at radius 2 is 2.10 bits per heavy atom. The molecule has 2 aromatic rings. The molecule has 2 N–H and O–H groups in total. The van der Waals surface area contributed by atoms with E-state index in [0.717, 1.165) is 36.1 Å². The molecule has 0 radical (unpaired) electrons. The van der Waals surface area contributed by atoms with Crippen molar-refractivity contribution in [1.29, 1.82) is 0 Å². The summed E-state index contributed by atoms with van der Waals surface area (Å²) in [6.45, 7) is 3.97. The van der Waals surface area contributed by atoms with Gasteiger partial charge in [-0.3, -0.25) is 4.72 Å². The maximum absolute atomic E-state index is 12.0. The van der Waals surface area contributed by atoms with Crippen molar-refractivity contribution in [2.75, 3.05) is 23.6 Å². The molecule has 5 nitrogen and oxygen atoms in total. The Morgan fingerprint density at radius 3 is 2.90 bits per heavy atom. The number of hydrogen-bond acceptors (Lipinski definition) is 5. The van der Waals surface area contributed by atoms with Crippen LogP contribution in [0, 0.1) is 0 Å². The van der Waals surface area contributed by atoms with E-state index in [0.29, 0.717) is 12.1 Å². The lowest BCUT2D eigenvalue weighted by atomic mass is 10.3. The first-order valence-electron chi connectivity index (χ1n) is 7.15. The minimum Gasteiger partial charge on any atom is -0.317 e. The van der Waals surface area contributed by atoms with Crippen LogP contribution in [-0.2, 0) is 10.0 Å². The Kier molecular flexibility index (Phi) is 5.96. The predicted octanol–water partition coefficient (Wildman–Crippen LogP) is 2.82. The molecule has 0 saturated carbocycles. The van der Waals surface area contributed by atoms with E-state index in [2.05, 4.69) is 21.9 Å². The van der Waals surface area contributed by atoms with Crippen molar-refractivity contribution in [3.05, 3.63) is 23.7 Å². The highest BCUT2D eigenvalue weighted by Crippen LogP contribution is 2.22. The number of anilines is 1. The van der Waals surface area contributed by atoms with Gasteiger partial charge in [0.1, 0.15) is 0 Å². The molecule has 0 aliphatic rings. The molecule has 0 spiro atoms. The van der Waals surface area contributed by atoms with E-state index in [1.807, 2.05) is 12.1 Å². The van der Waals surface area contributed by atoms with Crippen LogP contribution in [0.4, 0.5) is 5.69 Å². The van der Waals surface area contributed by atoms with E-state index in [9.17, 15) is 8.42 Å². The zero-order valence-electron chi connectivity index (χ0n) is 12.1. The molecule has 0 aliphatic carbocycles. The van der Waals surface area contributed by atoms with Gasteiger partial charge in [-0.2, -0.15) is 0 Å². The number of rotatable bonds is 9. The highest BCUT2D eigenvalue weighted by molar-refractivity contribution is 7.92. The van der Waals surface area contributed by atoms with Crippen molar-refractivity contribution >= 4 is 37.3 Å². The number of aromatic nitrogens is 1. The first-order valence-corrected chi connectivity index (χ1v) is 9.68. The number of unbranched alkanes of at least 4 members (excludes halogenated alkanes) is 1. The standard InChI is InChI=1S/C14H21N3O2S2/c1-2-7-15-8-3-4-9-21(18,19)17-12-5-6-13-14(10-12)20-11-16-13/h5-6,10-11,15,17H,2-4,7-9H2,1H3. The minimum atomic E-state index is -3.27. The van der Waals surface area contributed by atoms with E-state index in [1.54, 1.807) is 11.6 Å². The van der Waals surface area contributed by atoms with E-state index < -0.39 is 10.0 Å². The monoisotopic (exact) mass is 327 g/mol. The van der Waals surface area contributed by atoms with E-state index in [4.69, 9.17) is 0 Å². The first kappa shape index (κ1) is 16.2. The molecule has 116 valence electrons. The molecule has 0 saturated heterocycles. The Balaban J connectivity index is 1.82. The molecule has 7 heteroatoms. The third-order valence-corrected chi connectivity index (χ3v) is 5.21. The fourth-order valence-corrected chi connectivity index (χ4v) is 3.88. The van der Waals surface area contributed by atoms with Crippen molar-refractivity contribution in [3.63, 3.8) is 0 Å². The van der Waals surface area contributed by atoms with Gasteiger partial charge >= 0.3 is 0 Å². The zero-order chi connectivity index (χ0) is 15.1. The molecule has 0 amide bonds. The number of nitrogens with one attached hydrogen (secondary N) is 2. The summed E-state index contributed by atoms with van der Waals surface area (Å²) < 4.78 is 27.7. The Bertz CT molecular complexity index is 668. The van der Waals surface area contributed by atoms with Crippen LogP contribution >= 0.6 is 11.3 Å². The molecule has 0 aliphatic heterocycles. The first-order chi connectivity index (χ1) is 10.1. The molecular formula is C14H21N3O2S2. The molecule has 1 heterocycles. The summed E-state index contributed by atoms with van der Waals surface area (Å²) in [5, 5.41) is 3.27. The average Bonchev–Trinajstić information content (AvgIpc) is 2.89. The number of benzene rings is 1. The van der Waals surface area contributed by atoms with Crippen LogP contribution in [-0.4, -0.2) is 32.2 Å². The predicted molar refractivity (Wildman–Crippen MR) is 89.4 cm³/mol. The maximum atomic E-state index is 12.0. The molecule has 1 aromatic heterocycles. The van der Waals surface area contributed by atoms with Gasteiger partial charge in [-0.1, -0.05) is 6.92 Å². The normalized spacial score (nSPS) is 11.9. The van der Waals surface area contributed by atoms with Crippen LogP contribution < -0.4 is 10.0 Å². The Labute approximate surface area is 129 Å². The zero-order valence-corrected chi connectivity index (χ0v) is 13.8. The number of sulfonamides is 1. The van der Waals surface area contributed by atoms with Crippen LogP contribution in [0.3, 0.4) is 0 Å². The van der Waals surface area contributed by atoms with Crippen LogP contribution in [0.1, 0.15) is 26.2 Å². The summed E-state index contributed by atoms with van der Waals surface area (Å²) in [5.74, 6) is 0.154. The molecular weight excluding hydrogens is 306 g/mol. The van der Waals surface area contributed by atoms with Gasteiger partial charge in [0.15, 0.2) is 0 Å². The molecule has 2 rings (SSSR count). The summed E-state index contributed by atoms with van der Waals surface area (Å²) in [6, 6.07) is 5.41. The summed E-state index contributed by atoms with van der Waals surface area (Å²) in [6.07, 6.45) is 2.63. The van der Waals surface area contributed by atoms with Crippen molar-refractivity contribution in [1.82, 2.24) is 10.3 Å². The highest BCUT2D eigenvalue weighted by atomic mass is 32.2. The lowest BCUT2D eigenvalue weighted by Crippen LogP contribution is -2.19.